The van der Waals surface area contributed by atoms with Gasteiger partial charge in [-0.05, 0) is 29.5 Å². The smallest absolute Gasteiger partial charge is 0.340 e. The first kappa shape index (κ1) is 12.3. The van der Waals surface area contributed by atoms with Crippen LogP contribution in [0.2, 0.25) is 0 Å². The van der Waals surface area contributed by atoms with E-state index in [0.717, 1.165) is 29.5 Å². The Bertz CT molecular complexity index is 695. The highest BCUT2D eigenvalue weighted by Crippen LogP contribution is 2.32. The van der Waals surface area contributed by atoms with Gasteiger partial charge < -0.3 is 9.15 Å². The van der Waals surface area contributed by atoms with Crippen LogP contribution in [0.25, 0.3) is 11.0 Å². The molecule has 2 aromatic rings. The van der Waals surface area contributed by atoms with Crippen molar-refractivity contribution in [3.63, 3.8) is 0 Å². The Morgan fingerprint density at radius 2 is 2.05 bits per heavy atom. The van der Waals surface area contributed by atoms with Crippen LogP contribution in [-0.2, 0) is 11.8 Å². The summed E-state index contributed by atoms with van der Waals surface area (Å²) in [5, 5.41) is 0.986. The minimum Gasteiger partial charge on any atom is -0.493 e. The molecule has 100 valence electrons. The minimum atomic E-state index is -0.239. The van der Waals surface area contributed by atoms with Crippen LogP contribution in [0.5, 0.6) is 5.75 Å². The van der Waals surface area contributed by atoms with Gasteiger partial charge in [-0.1, -0.05) is 20.8 Å². The summed E-state index contributed by atoms with van der Waals surface area (Å²) in [5.74, 6) is 0.846. The van der Waals surface area contributed by atoms with Gasteiger partial charge in [0, 0.05) is 23.4 Å². The van der Waals surface area contributed by atoms with Gasteiger partial charge in [-0.25, -0.2) is 4.79 Å². The van der Waals surface area contributed by atoms with E-state index in [2.05, 4.69) is 26.8 Å². The third-order valence-electron chi connectivity index (χ3n) is 4.16. The lowest BCUT2D eigenvalue weighted by atomic mass is 9.83. The normalized spacial score (nSPS) is 14.5. The van der Waals surface area contributed by atoms with Gasteiger partial charge in [-0.15, -0.1) is 0 Å². The van der Waals surface area contributed by atoms with Crippen molar-refractivity contribution in [1.29, 1.82) is 0 Å². The Morgan fingerprint density at radius 3 is 2.79 bits per heavy atom. The first-order chi connectivity index (χ1) is 9.01. The Kier molecular flexibility index (Phi) is 2.66. The largest absolute Gasteiger partial charge is 0.493 e. The second kappa shape index (κ2) is 4.12. The summed E-state index contributed by atoms with van der Waals surface area (Å²) in [4.78, 5) is 12.1. The molecule has 3 heteroatoms. The molecule has 3 rings (SSSR count). The van der Waals surface area contributed by atoms with Gasteiger partial charge in [0.05, 0.1) is 6.61 Å². The molecule has 0 amide bonds. The van der Waals surface area contributed by atoms with Crippen LogP contribution in [-0.4, -0.2) is 6.61 Å². The first-order valence-corrected chi connectivity index (χ1v) is 6.75. The van der Waals surface area contributed by atoms with Crippen molar-refractivity contribution in [2.75, 3.05) is 6.61 Å². The van der Waals surface area contributed by atoms with Crippen LogP contribution in [0.3, 0.4) is 0 Å². The van der Waals surface area contributed by atoms with Crippen molar-refractivity contribution in [2.45, 2.75) is 39.0 Å². The zero-order valence-corrected chi connectivity index (χ0v) is 11.6. The zero-order valence-electron chi connectivity index (χ0n) is 11.6. The molecule has 1 aromatic carbocycles. The number of fused-ring (bicyclic) bond motifs is 2. The standard InChI is InChI=1S/C16H18O3/c1-4-16(2,3)12-8-11-7-10-5-6-18-13(10)9-14(11)19-15(12)17/h7-9H,4-6H2,1-3H3. The number of rotatable bonds is 2. The number of ether oxygens (including phenoxy) is 1. The molecule has 1 aliphatic heterocycles. The zero-order chi connectivity index (χ0) is 13.6. The summed E-state index contributed by atoms with van der Waals surface area (Å²) in [6, 6.07) is 5.89. The lowest BCUT2D eigenvalue weighted by Gasteiger charge is -2.21. The summed E-state index contributed by atoms with van der Waals surface area (Å²) < 4.78 is 11.0. The van der Waals surface area contributed by atoms with Crippen LogP contribution in [0.4, 0.5) is 0 Å². The maximum absolute atomic E-state index is 12.1. The molecular formula is C16H18O3. The van der Waals surface area contributed by atoms with Crippen LogP contribution in [0, 0.1) is 0 Å². The maximum atomic E-state index is 12.1. The molecule has 0 saturated carbocycles. The lowest BCUT2D eigenvalue weighted by Crippen LogP contribution is -2.24. The van der Waals surface area contributed by atoms with Gasteiger partial charge in [0.25, 0.3) is 0 Å². The van der Waals surface area contributed by atoms with E-state index in [-0.39, 0.29) is 11.0 Å². The molecule has 2 heterocycles. The summed E-state index contributed by atoms with van der Waals surface area (Å²) in [6.07, 6.45) is 1.83. The Labute approximate surface area is 112 Å². The molecule has 1 aromatic heterocycles. The van der Waals surface area contributed by atoms with Crippen molar-refractivity contribution in [3.8, 4) is 5.75 Å². The number of benzene rings is 1. The molecule has 3 nitrogen and oxygen atoms in total. The fraction of sp³-hybridized carbons (Fsp3) is 0.438. The van der Waals surface area contributed by atoms with Gasteiger partial charge in [0.15, 0.2) is 0 Å². The molecule has 0 fully saturated rings. The molecule has 0 unspecified atom stereocenters. The highest BCUT2D eigenvalue weighted by Gasteiger charge is 2.24. The highest BCUT2D eigenvalue weighted by atomic mass is 16.5. The summed E-state index contributed by atoms with van der Waals surface area (Å²) in [6.45, 7) is 6.94. The van der Waals surface area contributed by atoms with Crippen LogP contribution < -0.4 is 10.4 Å². The fourth-order valence-electron chi connectivity index (χ4n) is 2.46. The Morgan fingerprint density at radius 1 is 1.26 bits per heavy atom. The van der Waals surface area contributed by atoms with E-state index in [1.54, 1.807) is 0 Å². The van der Waals surface area contributed by atoms with Crippen molar-refractivity contribution in [2.24, 2.45) is 0 Å². The van der Waals surface area contributed by atoms with E-state index in [9.17, 15) is 4.79 Å². The Hall–Kier alpha value is -1.77. The first-order valence-electron chi connectivity index (χ1n) is 6.75. The molecular weight excluding hydrogens is 240 g/mol. The van der Waals surface area contributed by atoms with Gasteiger partial charge in [-0.2, -0.15) is 0 Å². The highest BCUT2D eigenvalue weighted by molar-refractivity contribution is 5.80. The second-order valence-corrected chi connectivity index (χ2v) is 5.78. The molecule has 19 heavy (non-hydrogen) atoms. The summed E-state index contributed by atoms with van der Waals surface area (Å²) >= 11 is 0. The topological polar surface area (TPSA) is 39.4 Å². The predicted octanol–water partition coefficient (Wildman–Crippen LogP) is 3.42. The van der Waals surface area contributed by atoms with Gasteiger partial charge in [0.2, 0.25) is 0 Å². The molecule has 0 saturated heterocycles. The third-order valence-corrected chi connectivity index (χ3v) is 4.16. The van der Waals surface area contributed by atoms with Gasteiger partial charge >= 0.3 is 5.63 Å². The molecule has 0 radical (unpaired) electrons. The minimum absolute atomic E-state index is 0.162. The van der Waals surface area contributed by atoms with E-state index >= 15 is 0 Å². The molecule has 1 aliphatic rings. The average molecular weight is 258 g/mol. The quantitative estimate of drug-likeness (QED) is 0.775. The summed E-state index contributed by atoms with van der Waals surface area (Å²) in [7, 11) is 0. The van der Waals surface area contributed by atoms with Crippen LogP contribution >= 0.6 is 0 Å². The van der Waals surface area contributed by atoms with Crippen molar-refractivity contribution in [1.82, 2.24) is 0 Å². The van der Waals surface area contributed by atoms with Gasteiger partial charge in [0.1, 0.15) is 11.3 Å². The number of hydrogen-bond acceptors (Lipinski definition) is 3. The van der Waals surface area contributed by atoms with Gasteiger partial charge in [-0.3, -0.25) is 0 Å². The van der Waals surface area contributed by atoms with E-state index in [4.69, 9.17) is 9.15 Å². The predicted molar refractivity (Wildman–Crippen MR) is 75.0 cm³/mol. The van der Waals surface area contributed by atoms with E-state index < -0.39 is 0 Å². The molecule has 0 N–H and O–H groups in total. The Balaban J connectivity index is 2.25. The SMILES string of the molecule is CCC(C)(C)c1cc2cc3c(cc2oc1=O)OCC3. The molecule has 0 aliphatic carbocycles. The molecule has 0 bridgehead atoms. The average Bonchev–Trinajstić information content (AvgIpc) is 2.82. The van der Waals surface area contributed by atoms with E-state index in [1.807, 2.05) is 12.1 Å². The molecule has 0 spiro atoms. The van der Waals surface area contributed by atoms with Crippen LogP contribution in [0.1, 0.15) is 38.3 Å². The van der Waals surface area contributed by atoms with Crippen molar-refractivity contribution >= 4 is 11.0 Å². The number of hydrogen-bond donors (Lipinski definition) is 0. The van der Waals surface area contributed by atoms with E-state index in [1.165, 1.54) is 5.56 Å². The third kappa shape index (κ3) is 1.93. The van der Waals surface area contributed by atoms with Crippen LogP contribution in [0.15, 0.2) is 27.4 Å². The fourth-order valence-corrected chi connectivity index (χ4v) is 2.46. The summed E-state index contributed by atoms with van der Waals surface area (Å²) in [5.41, 5.74) is 2.16. The molecule has 0 atom stereocenters. The second-order valence-electron chi connectivity index (χ2n) is 5.78. The lowest BCUT2D eigenvalue weighted by molar-refractivity contribution is 0.356. The maximum Gasteiger partial charge on any atom is 0.340 e. The van der Waals surface area contributed by atoms with E-state index in [0.29, 0.717) is 12.2 Å². The van der Waals surface area contributed by atoms with Crippen molar-refractivity contribution in [3.05, 3.63) is 39.7 Å². The monoisotopic (exact) mass is 258 g/mol. The van der Waals surface area contributed by atoms with Crippen molar-refractivity contribution < 1.29 is 9.15 Å².